The van der Waals surface area contributed by atoms with E-state index in [9.17, 15) is 0 Å². The van der Waals surface area contributed by atoms with Gasteiger partial charge in [-0.15, -0.1) is 11.3 Å². The van der Waals surface area contributed by atoms with E-state index in [4.69, 9.17) is 0 Å². The minimum Gasteiger partial charge on any atom is -0.306 e. The Morgan fingerprint density at radius 3 is 2.55 bits per heavy atom. The van der Waals surface area contributed by atoms with Crippen LogP contribution in [-0.2, 0) is 0 Å². The number of nitrogens with one attached hydrogen (secondary N) is 1. The molecule has 0 spiro atoms. The Balaban J connectivity index is 2.47. The lowest BCUT2D eigenvalue weighted by molar-refractivity contribution is 0.596. The summed E-state index contributed by atoms with van der Waals surface area (Å²) in [6, 6.07) is 9.11. The van der Waals surface area contributed by atoms with Crippen LogP contribution in [-0.4, -0.2) is 6.54 Å². The number of thiophene rings is 1. The number of rotatable bonds is 5. The fourth-order valence-electron chi connectivity index (χ4n) is 2.51. The van der Waals surface area contributed by atoms with E-state index in [1.54, 1.807) is 0 Å². The molecule has 3 heteroatoms. The van der Waals surface area contributed by atoms with Crippen molar-refractivity contribution in [3.8, 4) is 0 Å². The van der Waals surface area contributed by atoms with Gasteiger partial charge in [0.1, 0.15) is 0 Å². The van der Waals surface area contributed by atoms with Crippen molar-refractivity contribution in [2.75, 3.05) is 6.54 Å². The van der Waals surface area contributed by atoms with E-state index in [1.165, 1.54) is 30.9 Å². The topological polar surface area (TPSA) is 12.0 Å². The lowest BCUT2D eigenvalue weighted by Crippen LogP contribution is -2.23. The predicted molar refractivity (Wildman–Crippen MR) is 92.8 cm³/mol. The summed E-state index contributed by atoms with van der Waals surface area (Å²) in [5.74, 6) is 0. The molecule has 0 saturated heterocycles. The molecule has 1 N–H and O–H groups in total. The summed E-state index contributed by atoms with van der Waals surface area (Å²) in [4.78, 5) is 2.79. The second kappa shape index (κ2) is 6.88. The molecule has 0 bridgehead atoms. The quantitative estimate of drug-likeness (QED) is 0.747. The molecule has 1 aromatic carbocycles. The van der Waals surface area contributed by atoms with Crippen molar-refractivity contribution in [3.63, 3.8) is 0 Å². The van der Waals surface area contributed by atoms with Gasteiger partial charge in [0.2, 0.25) is 0 Å². The largest absolute Gasteiger partial charge is 0.306 e. The highest BCUT2D eigenvalue weighted by molar-refractivity contribution is 9.10. The third-order valence-electron chi connectivity index (χ3n) is 3.52. The molecule has 2 aromatic rings. The molecule has 20 heavy (non-hydrogen) atoms. The van der Waals surface area contributed by atoms with Gasteiger partial charge in [0.25, 0.3) is 0 Å². The normalized spacial score (nSPS) is 12.7. The maximum atomic E-state index is 3.76. The van der Waals surface area contributed by atoms with Crippen molar-refractivity contribution >= 4 is 27.3 Å². The van der Waals surface area contributed by atoms with Crippen molar-refractivity contribution in [1.29, 1.82) is 0 Å². The van der Waals surface area contributed by atoms with E-state index in [0.717, 1.165) is 13.0 Å². The highest BCUT2D eigenvalue weighted by Crippen LogP contribution is 2.35. The van der Waals surface area contributed by atoms with Crippen LogP contribution in [0.15, 0.2) is 28.7 Å². The molecule has 0 aliphatic carbocycles. The molecule has 0 fully saturated rings. The van der Waals surface area contributed by atoms with Crippen molar-refractivity contribution < 1.29 is 0 Å². The van der Waals surface area contributed by atoms with E-state index in [-0.39, 0.29) is 6.04 Å². The lowest BCUT2D eigenvalue weighted by Gasteiger charge is -2.21. The Hall–Kier alpha value is -0.640. The van der Waals surface area contributed by atoms with Crippen LogP contribution in [0.25, 0.3) is 0 Å². The van der Waals surface area contributed by atoms with Gasteiger partial charge in [-0.2, -0.15) is 0 Å². The highest BCUT2D eigenvalue weighted by atomic mass is 79.9. The summed E-state index contributed by atoms with van der Waals surface area (Å²) in [6.07, 6.45) is 1.14. The molecule has 1 nitrogen and oxygen atoms in total. The molecule has 1 atom stereocenters. The van der Waals surface area contributed by atoms with Crippen LogP contribution < -0.4 is 5.32 Å². The molecule has 0 aliphatic rings. The monoisotopic (exact) mass is 351 g/mol. The zero-order valence-electron chi connectivity index (χ0n) is 12.6. The van der Waals surface area contributed by atoms with Gasteiger partial charge in [-0.1, -0.05) is 41.1 Å². The summed E-state index contributed by atoms with van der Waals surface area (Å²) in [7, 11) is 0. The summed E-state index contributed by atoms with van der Waals surface area (Å²) < 4.78 is 1.22. The minimum atomic E-state index is 0.272. The first-order valence-electron chi connectivity index (χ1n) is 7.10. The molecule has 1 unspecified atom stereocenters. The first-order valence-corrected chi connectivity index (χ1v) is 8.70. The summed E-state index contributed by atoms with van der Waals surface area (Å²) in [5.41, 5.74) is 4.03. The lowest BCUT2D eigenvalue weighted by atomic mass is 9.97. The van der Waals surface area contributed by atoms with Crippen LogP contribution in [0.4, 0.5) is 0 Å². The van der Waals surface area contributed by atoms with E-state index in [2.05, 4.69) is 73.2 Å². The van der Waals surface area contributed by atoms with E-state index >= 15 is 0 Å². The summed E-state index contributed by atoms with van der Waals surface area (Å²) in [6.45, 7) is 9.79. The maximum absolute atomic E-state index is 3.76. The van der Waals surface area contributed by atoms with Crippen LogP contribution in [0.5, 0.6) is 0 Å². The van der Waals surface area contributed by atoms with Crippen LogP contribution >= 0.6 is 27.3 Å². The summed E-state index contributed by atoms with van der Waals surface area (Å²) in [5, 5.41) is 3.70. The van der Waals surface area contributed by atoms with Crippen LogP contribution in [0.3, 0.4) is 0 Å². The number of aryl methyl sites for hydroxylation is 3. The Morgan fingerprint density at radius 2 is 1.95 bits per heavy atom. The fourth-order valence-corrected chi connectivity index (χ4v) is 3.96. The zero-order chi connectivity index (χ0) is 14.7. The molecule has 0 radical (unpaired) electrons. The van der Waals surface area contributed by atoms with Gasteiger partial charge in [0, 0.05) is 14.2 Å². The molecule has 0 amide bonds. The fraction of sp³-hybridized carbons (Fsp3) is 0.412. The maximum Gasteiger partial charge on any atom is 0.0598 e. The van der Waals surface area contributed by atoms with Crippen molar-refractivity contribution in [1.82, 2.24) is 5.32 Å². The third kappa shape index (κ3) is 3.33. The zero-order valence-corrected chi connectivity index (χ0v) is 15.0. The Kier molecular flexibility index (Phi) is 5.42. The molecule has 0 saturated carbocycles. The van der Waals surface area contributed by atoms with Gasteiger partial charge in [-0.05, 0) is 56.5 Å². The molecule has 2 rings (SSSR count). The van der Waals surface area contributed by atoms with Gasteiger partial charge in [0.05, 0.1) is 6.04 Å². The van der Waals surface area contributed by atoms with Gasteiger partial charge in [-0.3, -0.25) is 0 Å². The smallest absolute Gasteiger partial charge is 0.0598 e. The van der Waals surface area contributed by atoms with Crippen molar-refractivity contribution in [2.24, 2.45) is 0 Å². The second-order valence-electron chi connectivity index (χ2n) is 5.23. The molecule has 0 aliphatic heterocycles. The average Bonchev–Trinajstić information content (AvgIpc) is 2.74. The van der Waals surface area contributed by atoms with Gasteiger partial charge >= 0.3 is 0 Å². The Bertz CT molecular complexity index is 589. The first-order chi connectivity index (χ1) is 9.54. The Morgan fingerprint density at radius 1 is 1.20 bits per heavy atom. The van der Waals surface area contributed by atoms with Gasteiger partial charge < -0.3 is 5.32 Å². The standard InChI is InChI=1S/C17H22BrNS/c1-5-9-19-17(15-10-12(3)20-13(15)4)14-8-6-7-11(2)16(14)18/h6-8,10,17,19H,5,9H2,1-4H3. The molecule has 1 aromatic heterocycles. The summed E-state index contributed by atoms with van der Waals surface area (Å²) >= 11 is 5.65. The number of hydrogen-bond acceptors (Lipinski definition) is 2. The van der Waals surface area contributed by atoms with Crippen LogP contribution in [0, 0.1) is 20.8 Å². The average molecular weight is 352 g/mol. The number of halogens is 1. The van der Waals surface area contributed by atoms with Crippen LogP contribution in [0.1, 0.15) is 45.8 Å². The number of hydrogen-bond donors (Lipinski definition) is 1. The van der Waals surface area contributed by atoms with E-state index < -0.39 is 0 Å². The van der Waals surface area contributed by atoms with Crippen molar-refractivity contribution in [3.05, 3.63) is 55.2 Å². The SMILES string of the molecule is CCCNC(c1cc(C)sc1C)c1cccc(C)c1Br. The third-order valence-corrected chi connectivity index (χ3v) is 5.59. The predicted octanol–water partition coefficient (Wildman–Crippen LogP) is 5.52. The first kappa shape index (κ1) is 15.7. The molecule has 1 heterocycles. The van der Waals surface area contributed by atoms with Crippen molar-refractivity contribution in [2.45, 2.75) is 40.2 Å². The number of benzene rings is 1. The van der Waals surface area contributed by atoms with Crippen LogP contribution in [0.2, 0.25) is 0 Å². The van der Waals surface area contributed by atoms with E-state index in [0.29, 0.717) is 0 Å². The minimum absolute atomic E-state index is 0.272. The molecular formula is C17H22BrNS. The van der Waals surface area contributed by atoms with Gasteiger partial charge in [-0.25, -0.2) is 0 Å². The molecular weight excluding hydrogens is 330 g/mol. The highest BCUT2D eigenvalue weighted by Gasteiger charge is 2.20. The second-order valence-corrected chi connectivity index (χ2v) is 7.49. The molecule has 108 valence electrons. The van der Waals surface area contributed by atoms with Gasteiger partial charge in [0.15, 0.2) is 0 Å². The Labute approximate surface area is 134 Å². The van der Waals surface area contributed by atoms with E-state index in [1.807, 2.05) is 11.3 Å².